The molecule has 0 aromatic heterocycles. The van der Waals surface area contributed by atoms with Gasteiger partial charge in [0.15, 0.2) is 0 Å². The molecule has 0 aliphatic carbocycles. The predicted octanol–water partition coefficient (Wildman–Crippen LogP) is 1.16. The smallest absolute Gasteiger partial charge is 0.251 e. The Hall–Kier alpha value is -0.610. The number of ether oxygens (including phenoxy) is 1. The highest BCUT2D eigenvalue weighted by molar-refractivity contribution is 5.80. The van der Waals surface area contributed by atoms with Crippen molar-refractivity contribution in [3.8, 4) is 0 Å². The third kappa shape index (κ3) is 3.68. The minimum absolute atomic E-state index is 0.165. The molecular formula is C13H24N2O2. The molecule has 0 bridgehead atoms. The summed E-state index contributed by atoms with van der Waals surface area (Å²) < 4.78 is 5.42. The molecular weight excluding hydrogens is 216 g/mol. The van der Waals surface area contributed by atoms with Gasteiger partial charge < -0.3 is 15.0 Å². The number of rotatable bonds is 4. The number of piperidine rings is 1. The number of amides is 1. The van der Waals surface area contributed by atoms with Crippen LogP contribution in [0, 0.1) is 0 Å². The molecule has 2 atom stereocenters. The second-order valence-corrected chi connectivity index (χ2v) is 5.20. The number of carbonyl (C=O) groups is 1. The zero-order valence-electron chi connectivity index (χ0n) is 10.8. The summed E-state index contributed by atoms with van der Waals surface area (Å²) in [5.41, 5.74) is 0. The van der Waals surface area contributed by atoms with E-state index in [4.69, 9.17) is 4.74 Å². The van der Waals surface area contributed by atoms with Crippen molar-refractivity contribution in [3.63, 3.8) is 0 Å². The molecule has 1 N–H and O–H groups in total. The van der Waals surface area contributed by atoms with Crippen molar-refractivity contribution in [2.45, 2.75) is 50.7 Å². The highest BCUT2D eigenvalue weighted by atomic mass is 16.5. The Labute approximate surface area is 104 Å². The summed E-state index contributed by atoms with van der Waals surface area (Å²) in [5, 5.41) is 3.51. The van der Waals surface area contributed by atoms with E-state index >= 15 is 0 Å². The SMILES string of the molecule is CN(CCC1CCCCN1)C(=O)C1CCCO1. The molecule has 2 fully saturated rings. The largest absolute Gasteiger partial charge is 0.368 e. The summed E-state index contributed by atoms with van der Waals surface area (Å²) in [4.78, 5) is 13.8. The lowest BCUT2D eigenvalue weighted by Crippen LogP contribution is -2.41. The monoisotopic (exact) mass is 240 g/mol. The Morgan fingerprint density at radius 2 is 2.24 bits per heavy atom. The average Bonchev–Trinajstić information content (AvgIpc) is 2.90. The molecule has 2 aliphatic heterocycles. The molecule has 2 aliphatic rings. The van der Waals surface area contributed by atoms with Gasteiger partial charge in [-0.1, -0.05) is 6.42 Å². The standard InChI is InChI=1S/C13H24N2O2/c1-15(13(16)12-6-4-10-17-12)9-7-11-5-2-3-8-14-11/h11-12,14H,2-10H2,1H3. The summed E-state index contributed by atoms with van der Waals surface area (Å²) >= 11 is 0. The minimum Gasteiger partial charge on any atom is -0.368 e. The fraction of sp³-hybridized carbons (Fsp3) is 0.923. The minimum atomic E-state index is -0.167. The first-order valence-electron chi connectivity index (χ1n) is 6.87. The van der Waals surface area contributed by atoms with Crippen molar-refractivity contribution in [1.82, 2.24) is 10.2 Å². The van der Waals surface area contributed by atoms with Crippen LogP contribution in [0.4, 0.5) is 0 Å². The van der Waals surface area contributed by atoms with Gasteiger partial charge in [0.05, 0.1) is 0 Å². The zero-order chi connectivity index (χ0) is 12.1. The third-order valence-corrected chi connectivity index (χ3v) is 3.81. The number of hydrogen-bond acceptors (Lipinski definition) is 3. The molecule has 2 rings (SSSR count). The first-order valence-corrected chi connectivity index (χ1v) is 6.87. The molecule has 0 aromatic rings. The van der Waals surface area contributed by atoms with Gasteiger partial charge in [0.1, 0.15) is 6.10 Å². The molecule has 2 saturated heterocycles. The van der Waals surface area contributed by atoms with E-state index in [1.165, 1.54) is 19.3 Å². The lowest BCUT2D eigenvalue weighted by Gasteiger charge is -2.27. The molecule has 0 saturated carbocycles. The van der Waals surface area contributed by atoms with Gasteiger partial charge in [0.25, 0.3) is 5.91 Å². The van der Waals surface area contributed by atoms with Gasteiger partial charge in [0.2, 0.25) is 0 Å². The van der Waals surface area contributed by atoms with Crippen molar-refractivity contribution in [3.05, 3.63) is 0 Å². The summed E-state index contributed by atoms with van der Waals surface area (Å²) in [6.07, 6.45) is 6.68. The molecule has 4 heteroatoms. The Balaban J connectivity index is 1.68. The lowest BCUT2D eigenvalue weighted by atomic mass is 10.0. The summed E-state index contributed by atoms with van der Waals surface area (Å²) in [6, 6.07) is 0.600. The first kappa shape index (κ1) is 12.8. The van der Waals surface area contributed by atoms with E-state index in [0.29, 0.717) is 6.04 Å². The van der Waals surface area contributed by atoms with Gasteiger partial charge in [-0.3, -0.25) is 4.79 Å². The highest BCUT2D eigenvalue weighted by Crippen LogP contribution is 2.15. The second kappa shape index (κ2) is 6.36. The van der Waals surface area contributed by atoms with Crippen LogP contribution in [0.3, 0.4) is 0 Å². The molecule has 0 radical (unpaired) electrons. The van der Waals surface area contributed by atoms with Crippen LogP contribution in [0.1, 0.15) is 38.5 Å². The maximum absolute atomic E-state index is 12.0. The Bertz CT molecular complexity index is 246. The average molecular weight is 240 g/mol. The third-order valence-electron chi connectivity index (χ3n) is 3.81. The van der Waals surface area contributed by atoms with Crippen molar-refractivity contribution in [1.29, 1.82) is 0 Å². The van der Waals surface area contributed by atoms with Gasteiger partial charge in [-0.15, -0.1) is 0 Å². The topological polar surface area (TPSA) is 41.6 Å². The van der Waals surface area contributed by atoms with Gasteiger partial charge in [-0.2, -0.15) is 0 Å². The highest BCUT2D eigenvalue weighted by Gasteiger charge is 2.26. The molecule has 1 amide bonds. The fourth-order valence-corrected chi connectivity index (χ4v) is 2.65. The first-order chi connectivity index (χ1) is 8.27. The van der Waals surface area contributed by atoms with Crippen LogP contribution in [-0.2, 0) is 9.53 Å². The van der Waals surface area contributed by atoms with E-state index in [9.17, 15) is 4.79 Å². The van der Waals surface area contributed by atoms with E-state index in [1.54, 1.807) is 0 Å². The van der Waals surface area contributed by atoms with Gasteiger partial charge >= 0.3 is 0 Å². The van der Waals surface area contributed by atoms with Crippen molar-refractivity contribution in [2.24, 2.45) is 0 Å². The second-order valence-electron chi connectivity index (χ2n) is 5.20. The van der Waals surface area contributed by atoms with E-state index < -0.39 is 0 Å². The molecule has 2 heterocycles. The van der Waals surface area contributed by atoms with Crippen molar-refractivity contribution < 1.29 is 9.53 Å². The van der Waals surface area contributed by atoms with Crippen LogP contribution in [0.5, 0.6) is 0 Å². The summed E-state index contributed by atoms with van der Waals surface area (Å²) in [6.45, 7) is 2.72. The van der Waals surface area contributed by atoms with Crippen LogP contribution in [0.2, 0.25) is 0 Å². The summed E-state index contributed by atoms with van der Waals surface area (Å²) in [7, 11) is 1.90. The number of hydrogen-bond donors (Lipinski definition) is 1. The molecule has 0 spiro atoms. The van der Waals surface area contributed by atoms with Gasteiger partial charge in [0, 0.05) is 26.2 Å². The van der Waals surface area contributed by atoms with Crippen LogP contribution in [-0.4, -0.2) is 49.7 Å². The molecule has 17 heavy (non-hydrogen) atoms. The number of nitrogens with one attached hydrogen (secondary N) is 1. The van der Waals surface area contributed by atoms with Gasteiger partial charge in [-0.05, 0) is 38.6 Å². The van der Waals surface area contributed by atoms with Gasteiger partial charge in [-0.25, -0.2) is 0 Å². The predicted molar refractivity (Wildman–Crippen MR) is 66.9 cm³/mol. The van der Waals surface area contributed by atoms with Crippen LogP contribution >= 0.6 is 0 Å². The molecule has 2 unspecified atom stereocenters. The van der Waals surface area contributed by atoms with Crippen molar-refractivity contribution in [2.75, 3.05) is 26.7 Å². The fourth-order valence-electron chi connectivity index (χ4n) is 2.65. The number of nitrogens with zero attached hydrogens (tertiary/aromatic N) is 1. The molecule has 4 nitrogen and oxygen atoms in total. The Kier molecular flexibility index (Phi) is 4.80. The summed E-state index contributed by atoms with van der Waals surface area (Å²) in [5.74, 6) is 0.165. The molecule has 0 aromatic carbocycles. The maximum Gasteiger partial charge on any atom is 0.251 e. The number of carbonyl (C=O) groups excluding carboxylic acids is 1. The lowest BCUT2D eigenvalue weighted by molar-refractivity contribution is -0.139. The maximum atomic E-state index is 12.0. The van der Waals surface area contributed by atoms with E-state index in [0.717, 1.165) is 39.0 Å². The van der Waals surface area contributed by atoms with E-state index in [-0.39, 0.29) is 12.0 Å². The Morgan fingerprint density at radius 3 is 2.88 bits per heavy atom. The van der Waals surface area contributed by atoms with Crippen molar-refractivity contribution >= 4 is 5.91 Å². The quantitative estimate of drug-likeness (QED) is 0.801. The van der Waals surface area contributed by atoms with Crippen LogP contribution in [0.25, 0.3) is 0 Å². The van der Waals surface area contributed by atoms with E-state index in [2.05, 4.69) is 5.32 Å². The van der Waals surface area contributed by atoms with Crippen LogP contribution in [0.15, 0.2) is 0 Å². The molecule has 98 valence electrons. The normalized spacial score (nSPS) is 29.2. The number of likely N-dealkylation sites (N-methyl/N-ethyl adjacent to an activating group) is 1. The zero-order valence-corrected chi connectivity index (χ0v) is 10.8. The van der Waals surface area contributed by atoms with E-state index in [1.807, 2.05) is 11.9 Å². The van der Waals surface area contributed by atoms with Crippen LogP contribution < -0.4 is 5.32 Å². The Morgan fingerprint density at radius 1 is 1.35 bits per heavy atom.